The molecule has 0 saturated carbocycles. The van der Waals surface area contributed by atoms with Crippen molar-refractivity contribution in [1.82, 2.24) is 35.4 Å². The summed E-state index contributed by atoms with van der Waals surface area (Å²) in [6.07, 6.45) is 4.36. The normalized spacial score (nSPS) is 24.0. The highest BCUT2D eigenvalue weighted by molar-refractivity contribution is 7.90. The molecule has 2 aromatic rings. The number of likely N-dealkylation sites (tertiary alicyclic amines) is 1. The van der Waals surface area contributed by atoms with Gasteiger partial charge < -0.3 is 29.7 Å². The van der Waals surface area contributed by atoms with Crippen molar-refractivity contribution in [3.63, 3.8) is 0 Å². The van der Waals surface area contributed by atoms with Gasteiger partial charge in [-0.05, 0) is 30.5 Å². The molecule has 46 heavy (non-hydrogen) atoms. The molecular formula is C30H43N7O8S. The number of rotatable bonds is 6. The largest absolute Gasteiger partial charge is 0.378 e. The lowest BCUT2D eigenvalue weighted by molar-refractivity contribution is -0.141. The summed E-state index contributed by atoms with van der Waals surface area (Å²) < 4.78 is 41.6. The fourth-order valence-corrected chi connectivity index (χ4v) is 6.92. The van der Waals surface area contributed by atoms with Gasteiger partial charge in [0.1, 0.15) is 18.3 Å². The Bertz CT molecular complexity index is 1470. The molecule has 3 saturated heterocycles. The Morgan fingerprint density at radius 1 is 1.07 bits per heavy atom. The van der Waals surface area contributed by atoms with Crippen molar-refractivity contribution in [3.8, 4) is 0 Å². The maximum atomic E-state index is 14.1. The van der Waals surface area contributed by atoms with Gasteiger partial charge in [0.05, 0.1) is 55.5 Å². The molecule has 3 aliphatic rings. The smallest absolute Gasteiger partial charge is 0.246 e. The number of piperidine rings is 1. The van der Waals surface area contributed by atoms with Crippen molar-refractivity contribution in [1.29, 1.82) is 0 Å². The highest BCUT2D eigenvalue weighted by Gasteiger charge is 2.45. The second-order valence-electron chi connectivity index (χ2n) is 12.2. The zero-order valence-electron chi connectivity index (χ0n) is 26.4. The second-order valence-corrected chi connectivity index (χ2v) is 14.2. The molecule has 16 heteroatoms. The molecule has 2 N–H and O–H groups in total. The number of amides is 3. The number of fused-ring (bicyclic) bond motifs is 1. The fourth-order valence-electron chi connectivity index (χ4n) is 6.29. The summed E-state index contributed by atoms with van der Waals surface area (Å²) >= 11 is 0. The molecule has 0 radical (unpaired) electrons. The average molecular weight is 662 g/mol. The molecule has 0 unspecified atom stereocenters. The van der Waals surface area contributed by atoms with E-state index < -0.39 is 21.4 Å². The Hall–Kier alpha value is -3.44. The topological polar surface area (TPSA) is 174 Å². The minimum Gasteiger partial charge on any atom is -0.378 e. The molecule has 15 nitrogen and oxygen atoms in total. The van der Waals surface area contributed by atoms with E-state index in [9.17, 15) is 22.8 Å². The van der Waals surface area contributed by atoms with Gasteiger partial charge in [-0.1, -0.05) is 17.3 Å². The van der Waals surface area contributed by atoms with Crippen LogP contribution in [-0.2, 0) is 51.6 Å². The number of nitrogens with zero attached hydrogens (tertiary/aromatic N) is 5. The SMILES string of the molecule is COCc1cn([C@H]2C[C@H]3C(=O)NCCOCCOCC(=O)NC4(CCN(Cc5ccc(S(C)(=O)=O)cc5)CC4)CC(=O)N3C2)nn1. The van der Waals surface area contributed by atoms with Crippen LogP contribution in [0.5, 0.6) is 0 Å². The number of carbonyl (C=O) groups is 3. The van der Waals surface area contributed by atoms with Crippen LogP contribution in [0.15, 0.2) is 35.4 Å². The van der Waals surface area contributed by atoms with Gasteiger partial charge in [0.2, 0.25) is 17.7 Å². The quantitative estimate of drug-likeness (QED) is 0.415. The maximum absolute atomic E-state index is 14.1. The number of aromatic nitrogens is 3. The summed E-state index contributed by atoms with van der Waals surface area (Å²) in [4.78, 5) is 44.6. The lowest BCUT2D eigenvalue weighted by Gasteiger charge is -2.43. The molecule has 2 atom stereocenters. The van der Waals surface area contributed by atoms with Crippen LogP contribution >= 0.6 is 0 Å². The first-order chi connectivity index (χ1) is 22.0. The van der Waals surface area contributed by atoms with Gasteiger partial charge in [-0.25, -0.2) is 13.1 Å². The van der Waals surface area contributed by atoms with E-state index in [1.54, 1.807) is 35.0 Å². The van der Waals surface area contributed by atoms with E-state index in [0.717, 1.165) is 5.56 Å². The molecule has 3 amide bonds. The van der Waals surface area contributed by atoms with Crippen LogP contribution in [0.25, 0.3) is 0 Å². The zero-order chi connectivity index (χ0) is 32.7. The third-order valence-electron chi connectivity index (χ3n) is 8.74. The van der Waals surface area contributed by atoms with Crippen LogP contribution in [0.2, 0.25) is 0 Å². The van der Waals surface area contributed by atoms with E-state index in [-0.39, 0.29) is 74.6 Å². The van der Waals surface area contributed by atoms with Gasteiger partial charge in [0, 0.05) is 52.5 Å². The molecule has 1 aromatic heterocycles. The van der Waals surface area contributed by atoms with Crippen LogP contribution in [0.4, 0.5) is 0 Å². The first-order valence-corrected chi connectivity index (χ1v) is 17.4. The molecule has 1 spiro atoms. The maximum Gasteiger partial charge on any atom is 0.246 e. The minimum atomic E-state index is -3.28. The van der Waals surface area contributed by atoms with Crippen molar-refractivity contribution in [2.45, 2.75) is 61.4 Å². The van der Waals surface area contributed by atoms with Gasteiger partial charge in [0.15, 0.2) is 9.84 Å². The summed E-state index contributed by atoms with van der Waals surface area (Å²) in [6, 6.07) is 5.85. The van der Waals surface area contributed by atoms with Gasteiger partial charge in [-0.3, -0.25) is 19.3 Å². The summed E-state index contributed by atoms with van der Waals surface area (Å²) in [5.41, 5.74) is 0.786. The van der Waals surface area contributed by atoms with E-state index in [1.165, 1.54) is 6.26 Å². The number of methoxy groups -OCH3 is 1. The molecule has 3 aliphatic heterocycles. The van der Waals surface area contributed by atoms with Crippen LogP contribution in [0.3, 0.4) is 0 Å². The van der Waals surface area contributed by atoms with Crippen molar-refractivity contribution in [3.05, 3.63) is 41.7 Å². The van der Waals surface area contributed by atoms with Gasteiger partial charge in [0.25, 0.3) is 0 Å². The lowest BCUT2D eigenvalue weighted by atomic mass is 9.83. The average Bonchev–Trinajstić information content (AvgIpc) is 3.67. The Balaban J connectivity index is 1.32. The van der Waals surface area contributed by atoms with Crippen LogP contribution in [-0.4, -0.2) is 128 Å². The van der Waals surface area contributed by atoms with Crippen molar-refractivity contribution in [2.75, 3.05) is 66.0 Å². The van der Waals surface area contributed by atoms with Crippen LogP contribution in [0.1, 0.15) is 43.0 Å². The number of nitrogens with one attached hydrogen (secondary N) is 2. The molecule has 1 aromatic carbocycles. The predicted octanol–water partition coefficient (Wildman–Crippen LogP) is -0.326. The Morgan fingerprint density at radius 2 is 1.80 bits per heavy atom. The molecular weight excluding hydrogens is 618 g/mol. The van der Waals surface area contributed by atoms with Crippen LogP contribution in [0, 0.1) is 0 Å². The molecule has 3 fully saturated rings. The molecule has 252 valence electrons. The Labute approximate surface area is 268 Å². The molecule has 0 aliphatic carbocycles. The third kappa shape index (κ3) is 8.67. The van der Waals surface area contributed by atoms with E-state index >= 15 is 0 Å². The number of benzene rings is 1. The van der Waals surface area contributed by atoms with E-state index in [2.05, 4.69) is 25.8 Å². The third-order valence-corrected chi connectivity index (χ3v) is 9.87. The van der Waals surface area contributed by atoms with Gasteiger partial charge in [-0.15, -0.1) is 5.10 Å². The van der Waals surface area contributed by atoms with Crippen LogP contribution < -0.4 is 10.6 Å². The molecule has 0 bridgehead atoms. The first-order valence-electron chi connectivity index (χ1n) is 15.5. The van der Waals surface area contributed by atoms with Crippen molar-refractivity contribution < 1.29 is 37.0 Å². The summed E-state index contributed by atoms with van der Waals surface area (Å²) in [6.45, 7) is 3.27. The molecule has 4 heterocycles. The van der Waals surface area contributed by atoms with Gasteiger partial charge >= 0.3 is 0 Å². The van der Waals surface area contributed by atoms with E-state index in [0.29, 0.717) is 51.2 Å². The molecule has 5 rings (SSSR count). The highest BCUT2D eigenvalue weighted by atomic mass is 32.2. The second kappa shape index (κ2) is 15.0. The monoisotopic (exact) mass is 661 g/mol. The standard InChI is InChI=1S/C30H43N7O8S/c1-43-20-23-18-37(34-33-23)24-15-26-29(40)31-9-12-44-13-14-45-21-27(38)32-30(16-28(39)36(26)19-24)7-10-35(11-8-30)17-22-3-5-25(6-4-22)46(2,41)42/h3-6,18,24,26H,7-17,19-21H2,1-2H3,(H,31,40)(H,32,38)/t24-,26-/m0/s1. The predicted molar refractivity (Wildman–Crippen MR) is 164 cm³/mol. The zero-order valence-corrected chi connectivity index (χ0v) is 27.2. The highest BCUT2D eigenvalue weighted by Crippen LogP contribution is 2.32. The summed E-state index contributed by atoms with van der Waals surface area (Å²) in [5.74, 6) is -0.810. The van der Waals surface area contributed by atoms with E-state index in [1.807, 2.05) is 12.1 Å². The number of ether oxygens (including phenoxy) is 3. The number of carbonyl (C=O) groups excluding carboxylic acids is 3. The van der Waals surface area contributed by atoms with Crippen molar-refractivity contribution >= 4 is 27.6 Å². The van der Waals surface area contributed by atoms with E-state index in [4.69, 9.17) is 14.2 Å². The summed E-state index contributed by atoms with van der Waals surface area (Å²) in [5, 5.41) is 14.4. The number of sulfone groups is 1. The Kier molecular flexibility index (Phi) is 11.0. The Morgan fingerprint density at radius 3 is 2.52 bits per heavy atom. The number of hydrogen-bond acceptors (Lipinski definition) is 11. The first kappa shape index (κ1) is 33.9. The number of hydrogen-bond donors (Lipinski definition) is 2. The van der Waals surface area contributed by atoms with Crippen molar-refractivity contribution in [2.24, 2.45) is 0 Å². The van der Waals surface area contributed by atoms with Gasteiger partial charge in [-0.2, -0.15) is 0 Å². The lowest BCUT2D eigenvalue weighted by Crippen LogP contribution is -2.58. The minimum absolute atomic E-state index is 0.0293. The summed E-state index contributed by atoms with van der Waals surface area (Å²) in [7, 11) is -1.71. The fraction of sp³-hybridized carbons (Fsp3) is 0.633.